The van der Waals surface area contributed by atoms with Crippen molar-refractivity contribution in [2.75, 3.05) is 7.11 Å². The number of amides is 1. The minimum absolute atomic E-state index is 0.182. The van der Waals surface area contributed by atoms with Gasteiger partial charge in [0, 0.05) is 12.1 Å². The van der Waals surface area contributed by atoms with Crippen LogP contribution in [0.3, 0.4) is 0 Å². The quantitative estimate of drug-likeness (QED) is 0.695. The molecule has 2 aromatic carbocycles. The molecule has 7 nitrogen and oxygen atoms in total. The van der Waals surface area contributed by atoms with Crippen LogP contribution >= 0.6 is 0 Å². The highest BCUT2D eigenvalue weighted by Gasteiger charge is 2.18. The summed E-state index contributed by atoms with van der Waals surface area (Å²) in [6.45, 7) is 5.62. The lowest BCUT2D eigenvalue weighted by Crippen LogP contribution is -2.42. The Hall–Kier alpha value is -3.35. The van der Waals surface area contributed by atoms with E-state index in [1.54, 1.807) is 38.3 Å². The maximum atomic E-state index is 12.8. The van der Waals surface area contributed by atoms with Crippen LogP contribution < -0.4 is 21.3 Å². The molecular formula is C22H25N3O4. The molecule has 3 aromatic rings. The molecule has 0 saturated heterocycles. The molecule has 0 bridgehead atoms. The fourth-order valence-electron chi connectivity index (χ4n) is 3.50. The van der Waals surface area contributed by atoms with Gasteiger partial charge in [-0.15, -0.1) is 0 Å². The van der Waals surface area contributed by atoms with Gasteiger partial charge in [0.05, 0.1) is 24.1 Å². The number of aryl methyl sites for hydroxylation is 1. The average molecular weight is 395 g/mol. The number of hydrogen-bond acceptors (Lipinski definition) is 4. The van der Waals surface area contributed by atoms with Crippen LogP contribution in [-0.4, -0.2) is 22.2 Å². The molecule has 1 aromatic heterocycles. The van der Waals surface area contributed by atoms with Gasteiger partial charge in [-0.05, 0) is 39.0 Å². The zero-order chi connectivity index (χ0) is 21.1. The Morgan fingerprint density at radius 3 is 2.55 bits per heavy atom. The van der Waals surface area contributed by atoms with Gasteiger partial charge in [-0.1, -0.05) is 29.8 Å². The Labute approximate surface area is 168 Å². The fourth-order valence-corrected chi connectivity index (χ4v) is 3.50. The zero-order valence-electron chi connectivity index (χ0n) is 17.1. The summed E-state index contributed by atoms with van der Waals surface area (Å²) in [7, 11) is 1.59. The van der Waals surface area contributed by atoms with Crippen molar-refractivity contribution >= 4 is 16.8 Å². The number of methoxy groups -OCH3 is 1. The summed E-state index contributed by atoms with van der Waals surface area (Å²) in [4.78, 5) is 38.1. The minimum Gasteiger partial charge on any atom is -0.496 e. The first-order valence-electron chi connectivity index (χ1n) is 9.53. The standard InChI is InChI=1S/C22H25N3O4/c1-5-24-21(27)16-8-6-7-9-18(16)25(22(24)28)13-20(26)23-15(3)17-12-14(2)10-11-19(17)29-4/h6-12,15H,5,13H2,1-4H3,(H,23,26). The molecule has 0 aliphatic rings. The van der Waals surface area contributed by atoms with Crippen molar-refractivity contribution < 1.29 is 9.53 Å². The van der Waals surface area contributed by atoms with E-state index in [9.17, 15) is 14.4 Å². The van der Waals surface area contributed by atoms with Crippen molar-refractivity contribution in [3.63, 3.8) is 0 Å². The van der Waals surface area contributed by atoms with Crippen LogP contribution in [0.15, 0.2) is 52.1 Å². The molecular weight excluding hydrogens is 370 g/mol. The van der Waals surface area contributed by atoms with Crippen molar-refractivity contribution in [3.05, 3.63) is 74.4 Å². The SMILES string of the molecule is CCn1c(=O)c2ccccc2n(CC(=O)NC(C)c2cc(C)ccc2OC)c1=O. The lowest BCUT2D eigenvalue weighted by molar-refractivity contribution is -0.122. The molecule has 1 amide bonds. The first kappa shape index (κ1) is 20.4. The lowest BCUT2D eigenvalue weighted by atomic mass is 10.0. The summed E-state index contributed by atoms with van der Waals surface area (Å²) < 4.78 is 7.88. The Kier molecular flexibility index (Phi) is 5.87. The number of nitrogens with one attached hydrogen (secondary N) is 1. The third-order valence-electron chi connectivity index (χ3n) is 4.98. The van der Waals surface area contributed by atoms with Gasteiger partial charge in [-0.25, -0.2) is 4.79 Å². The van der Waals surface area contributed by atoms with E-state index >= 15 is 0 Å². The van der Waals surface area contributed by atoms with Crippen molar-refractivity contribution in [3.8, 4) is 5.75 Å². The van der Waals surface area contributed by atoms with Gasteiger partial charge in [0.25, 0.3) is 5.56 Å². The van der Waals surface area contributed by atoms with Gasteiger partial charge in [0.2, 0.25) is 5.91 Å². The molecule has 29 heavy (non-hydrogen) atoms. The Bertz CT molecular complexity index is 1180. The Morgan fingerprint density at radius 1 is 1.14 bits per heavy atom. The van der Waals surface area contributed by atoms with Crippen molar-refractivity contribution in [2.24, 2.45) is 0 Å². The number of fused-ring (bicyclic) bond motifs is 1. The normalized spacial score (nSPS) is 12.0. The molecule has 0 aliphatic carbocycles. The molecule has 1 unspecified atom stereocenters. The summed E-state index contributed by atoms with van der Waals surface area (Å²) in [5, 5.41) is 3.34. The van der Waals surface area contributed by atoms with E-state index in [4.69, 9.17) is 4.74 Å². The number of carbonyl (C=O) groups is 1. The number of rotatable bonds is 6. The molecule has 1 heterocycles. The highest BCUT2D eigenvalue weighted by molar-refractivity contribution is 5.81. The van der Waals surface area contributed by atoms with Crippen molar-refractivity contribution in [2.45, 2.75) is 39.9 Å². The van der Waals surface area contributed by atoms with E-state index in [2.05, 4.69) is 5.32 Å². The van der Waals surface area contributed by atoms with Gasteiger partial charge < -0.3 is 10.1 Å². The van der Waals surface area contributed by atoms with E-state index in [1.165, 1.54) is 4.57 Å². The second-order valence-electron chi connectivity index (χ2n) is 6.97. The molecule has 0 saturated carbocycles. The molecule has 1 N–H and O–H groups in total. The number of aromatic nitrogens is 2. The average Bonchev–Trinajstić information content (AvgIpc) is 2.71. The lowest BCUT2D eigenvalue weighted by Gasteiger charge is -2.19. The summed E-state index contributed by atoms with van der Waals surface area (Å²) in [5.74, 6) is 0.361. The highest BCUT2D eigenvalue weighted by atomic mass is 16.5. The summed E-state index contributed by atoms with van der Waals surface area (Å²) in [5.41, 5.74) is 1.52. The number of ether oxygens (including phenoxy) is 1. The van der Waals surface area contributed by atoms with E-state index < -0.39 is 5.69 Å². The van der Waals surface area contributed by atoms with Crippen LogP contribution in [0.1, 0.15) is 31.0 Å². The van der Waals surface area contributed by atoms with Gasteiger partial charge >= 0.3 is 5.69 Å². The molecule has 152 valence electrons. The second-order valence-corrected chi connectivity index (χ2v) is 6.97. The Morgan fingerprint density at radius 2 is 1.86 bits per heavy atom. The van der Waals surface area contributed by atoms with Crippen LogP contribution in [0.2, 0.25) is 0 Å². The summed E-state index contributed by atoms with van der Waals surface area (Å²) >= 11 is 0. The predicted molar refractivity (Wildman–Crippen MR) is 112 cm³/mol. The molecule has 0 aliphatic heterocycles. The molecule has 0 spiro atoms. The molecule has 7 heteroatoms. The number of hydrogen-bond donors (Lipinski definition) is 1. The summed E-state index contributed by atoms with van der Waals surface area (Å²) in [6, 6.07) is 12.3. The molecule has 1 atom stereocenters. The van der Waals surface area contributed by atoms with Crippen molar-refractivity contribution in [1.29, 1.82) is 0 Å². The van der Waals surface area contributed by atoms with E-state index in [0.717, 1.165) is 15.7 Å². The highest BCUT2D eigenvalue weighted by Crippen LogP contribution is 2.26. The smallest absolute Gasteiger partial charge is 0.331 e. The monoisotopic (exact) mass is 395 g/mol. The fraction of sp³-hybridized carbons (Fsp3) is 0.318. The Balaban J connectivity index is 1.94. The van der Waals surface area contributed by atoms with E-state index in [1.807, 2.05) is 32.0 Å². The first-order chi connectivity index (χ1) is 13.9. The van der Waals surface area contributed by atoms with Crippen LogP contribution in [-0.2, 0) is 17.9 Å². The van der Waals surface area contributed by atoms with Gasteiger partial charge in [0.1, 0.15) is 12.3 Å². The van der Waals surface area contributed by atoms with Crippen LogP contribution in [0.4, 0.5) is 0 Å². The third kappa shape index (κ3) is 3.94. The molecule has 3 rings (SSSR count). The number of para-hydroxylation sites is 1. The predicted octanol–water partition coefficient (Wildman–Crippen LogP) is 2.38. The van der Waals surface area contributed by atoms with Crippen LogP contribution in [0, 0.1) is 6.92 Å². The third-order valence-corrected chi connectivity index (χ3v) is 4.98. The van der Waals surface area contributed by atoms with Crippen LogP contribution in [0.5, 0.6) is 5.75 Å². The van der Waals surface area contributed by atoms with Gasteiger partial charge in [-0.2, -0.15) is 0 Å². The van der Waals surface area contributed by atoms with E-state index in [-0.39, 0.29) is 30.6 Å². The second kappa shape index (κ2) is 8.34. The maximum absolute atomic E-state index is 12.8. The zero-order valence-corrected chi connectivity index (χ0v) is 17.1. The number of benzene rings is 2. The maximum Gasteiger partial charge on any atom is 0.331 e. The summed E-state index contributed by atoms with van der Waals surface area (Å²) in [6.07, 6.45) is 0. The van der Waals surface area contributed by atoms with Crippen LogP contribution in [0.25, 0.3) is 10.9 Å². The number of carbonyl (C=O) groups excluding carboxylic acids is 1. The first-order valence-corrected chi connectivity index (χ1v) is 9.53. The number of nitrogens with zero attached hydrogens (tertiary/aromatic N) is 2. The van der Waals surface area contributed by atoms with Gasteiger partial charge in [0.15, 0.2) is 0 Å². The molecule has 0 fully saturated rings. The minimum atomic E-state index is -0.493. The van der Waals surface area contributed by atoms with E-state index in [0.29, 0.717) is 16.7 Å². The topological polar surface area (TPSA) is 82.3 Å². The molecule has 0 radical (unpaired) electrons. The largest absolute Gasteiger partial charge is 0.496 e. The van der Waals surface area contributed by atoms with Gasteiger partial charge in [-0.3, -0.25) is 18.7 Å². The van der Waals surface area contributed by atoms with Crippen molar-refractivity contribution in [1.82, 2.24) is 14.5 Å².